The first kappa shape index (κ1) is 20.6. The molecule has 2 aromatic rings. The van der Waals surface area contributed by atoms with E-state index >= 15 is 0 Å². The molecule has 0 bridgehead atoms. The van der Waals surface area contributed by atoms with Crippen LogP contribution in [-0.4, -0.2) is 20.6 Å². The number of benzene rings is 1. The number of hydrogen-bond acceptors (Lipinski definition) is 3. The molecule has 4 nitrogen and oxygen atoms in total. The van der Waals surface area contributed by atoms with Gasteiger partial charge in [0.05, 0.1) is 11.4 Å². The highest BCUT2D eigenvalue weighted by Gasteiger charge is 2.35. The van der Waals surface area contributed by atoms with E-state index in [1.54, 1.807) is 18.2 Å². The minimum Gasteiger partial charge on any atom is -0.346 e. The Morgan fingerprint density at radius 3 is 2.55 bits per heavy atom. The summed E-state index contributed by atoms with van der Waals surface area (Å²) in [4.78, 5) is 27.1. The van der Waals surface area contributed by atoms with E-state index in [9.17, 15) is 9.59 Å². The number of thioether (sulfide) groups is 1. The van der Waals surface area contributed by atoms with Gasteiger partial charge in [-0.05, 0) is 73.9 Å². The van der Waals surface area contributed by atoms with Crippen molar-refractivity contribution in [1.29, 1.82) is 0 Å². The minimum atomic E-state index is -0.281. The third kappa shape index (κ3) is 4.00. The van der Waals surface area contributed by atoms with Crippen LogP contribution in [0.5, 0.6) is 0 Å². The second-order valence-corrected chi connectivity index (χ2v) is 9.48. The van der Waals surface area contributed by atoms with Gasteiger partial charge < -0.3 is 4.57 Å². The normalized spacial score (nSPS) is 19.2. The Labute approximate surface area is 184 Å². The Kier molecular flexibility index (Phi) is 5.83. The molecule has 2 amide bonds. The summed E-state index contributed by atoms with van der Waals surface area (Å²) < 4.78 is 2.39. The lowest BCUT2D eigenvalue weighted by Crippen LogP contribution is -2.27. The molecule has 0 spiro atoms. The summed E-state index contributed by atoms with van der Waals surface area (Å²) in [5, 5.41) is 0.683. The molecule has 152 valence electrons. The smallest absolute Gasteiger partial charge is 0.293 e. The monoisotopic (exact) mass is 448 g/mol. The second-order valence-electron chi connectivity index (χ2n) is 7.64. The highest BCUT2D eigenvalue weighted by atomic mass is 35.5. The van der Waals surface area contributed by atoms with Gasteiger partial charge in [-0.3, -0.25) is 14.5 Å². The van der Waals surface area contributed by atoms with Crippen molar-refractivity contribution in [2.24, 2.45) is 0 Å². The van der Waals surface area contributed by atoms with E-state index in [-0.39, 0.29) is 17.7 Å². The molecule has 7 heteroatoms. The summed E-state index contributed by atoms with van der Waals surface area (Å²) in [5.74, 6) is -0.281. The van der Waals surface area contributed by atoms with Gasteiger partial charge in [0.25, 0.3) is 11.1 Å². The van der Waals surface area contributed by atoms with Crippen molar-refractivity contribution in [3.05, 3.63) is 61.7 Å². The molecule has 29 heavy (non-hydrogen) atoms. The summed E-state index contributed by atoms with van der Waals surface area (Å²) in [6, 6.07) is 7.71. The maximum absolute atomic E-state index is 12.9. The van der Waals surface area contributed by atoms with Gasteiger partial charge in [0.15, 0.2) is 0 Å². The molecule has 1 aliphatic carbocycles. The van der Waals surface area contributed by atoms with Gasteiger partial charge in [0.1, 0.15) is 0 Å². The summed E-state index contributed by atoms with van der Waals surface area (Å²) in [6.07, 6.45) is 6.79. The predicted octanol–water partition coefficient (Wildman–Crippen LogP) is 6.76. The average Bonchev–Trinajstić information content (AvgIpc) is 3.34. The fourth-order valence-corrected chi connectivity index (χ4v) is 5.57. The number of rotatable bonds is 4. The SMILES string of the molecule is Cc1cc(/C=C2\SC(=O)N(Cc3ccc(Cl)cc3Cl)C2=O)c(C)n1C1CCCC1. The predicted molar refractivity (Wildman–Crippen MR) is 119 cm³/mol. The molecule has 1 aliphatic heterocycles. The molecule has 1 aromatic heterocycles. The van der Waals surface area contributed by atoms with Crippen LogP contribution in [-0.2, 0) is 11.3 Å². The number of aromatic nitrogens is 1. The lowest BCUT2D eigenvalue weighted by atomic mass is 10.2. The maximum Gasteiger partial charge on any atom is 0.293 e. The Hall–Kier alpha value is -1.69. The number of halogens is 2. The first-order valence-electron chi connectivity index (χ1n) is 9.73. The average molecular weight is 449 g/mol. The first-order chi connectivity index (χ1) is 13.8. The number of carbonyl (C=O) groups is 2. The first-order valence-corrected chi connectivity index (χ1v) is 11.3. The van der Waals surface area contributed by atoms with Crippen molar-refractivity contribution < 1.29 is 9.59 Å². The minimum absolute atomic E-state index is 0.138. The molecule has 4 rings (SSSR count). The second kappa shape index (κ2) is 8.21. The fourth-order valence-electron chi connectivity index (χ4n) is 4.27. The van der Waals surface area contributed by atoms with Crippen LogP contribution in [0.4, 0.5) is 4.79 Å². The molecule has 0 atom stereocenters. The van der Waals surface area contributed by atoms with Crippen molar-refractivity contribution in [2.75, 3.05) is 0 Å². The van der Waals surface area contributed by atoms with Crippen molar-refractivity contribution in [3.8, 4) is 0 Å². The summed E-state index contributed by atoms with van der Waals surface area (Å²) >= 11 is 13.1. The summed E-state index contributed by atoms with van der Waals surface area (Å²) in [5.41, 5.74) is 4.05. The van der Waals surface area contributed by atoms with Crippen molar-refractivity contribution >= 4 is 52.2 Å². The van der Waals surface area contributed by atoms with E-state index in [0.717, 1.165) is 23.0 Å². The molecule has 0 N–H and O–H groups in total. The molecule has 1 aromatic carbocycles. The third-order valence-corrected chi connectivity index (χ3v) is 7.21. The van der Waals surface area contributed by atoms with E-state index in [1.807, 2.05) is 6.08 Å². The molecule has 1 saturated carbocycles. The molecule has 0 unspecified atom stereocenters. The van der Waals surface area contributed by atoms with Gasteiger partial charge in [-0.25, -0.2) is 0 Å². The van der Waals surface area contributed by atoms with Crippen LogP contribution in [0.2, 0.25) is 10.0 Å². The molecule has 1 saturated heterocycles. The van der Waals surface area contributed by atoms with Gasteiger partial charge in [-0.2, -0.15) is 0 Å². The fraction of sp³-hybridized carbons (Fsp3) is 0.364. The van der Waals surface area contributed by atoms with E-state index in [1.165, 1.54) is 36.3 Å². The van der Waals surface area contributed by atoms with Crippen LogP contribution in [0.3, 0.4) is 0 Å². The van der Waals surface area contributed by atoms with Crippen molar-refractivity contribution in [2.45, 2.75) is 52.1 Å². The summed E-state index contributed by atoms with van der Waals surface area (Å²) in [6.45, 7) is 4.34. The highest BCUT2D eigenvalue weighted by molar-refractivity contribution is 8.18. The largest absolute Gasteiger partial charge is 0.346 e. The molecule has 2 aliphatic rings. The highest BCUT2D eigenvalue weighted by Crippen LogP contribution is 2.37. The maximum atomic E-state index is 12.9. The van der Waals surface area contributed by atoms with E-state index in [2.05, 4.69) is 24.5 Å². The van der Waals surface area contributed by atoms with Crippen LogP contribution in [0, 0.1) is 13.8 Å². The van der Waals surface area contributed by atoms with E-state index in [0.29, 0.717) is 26.6 Å². The van der Waals surface area contributed by atoms with Gasteiger partial charge in [-0.15, -0.1) is 0 Å². The molecule has 2 heterocycles. The zero-order chi connectivity index (χ0) is 20.7. The van der Waals surface area contributed by atoms with Gasteiger partial charge in [0.2, 0.25) is 0 Å². The quantitative estimate of drug-likeness (QED) is 0.484. The zero-order valence-electron chi connectivity index (χ0n) is 16.4. The van der Waals surface area contributed by atoms with Crippen molar-refractivity contribution in [1.82, 2.24) is 9.47 Å². The Morgan fingerprint density at radius 1 is 1.14 bits per heavy atom. The van der Waals surface area contributed by atoms with Crippen LogP contribution < -0.4 is 0 Å². The number of aryl methyl sites for hydroxylation is 1. The number of amides is 2. The van der Waals surface area contributed by atoms with Gasteiger partial charge in [0, 0.05) is 27.5 Å². The number of carbonyl (C=O) groups excluding carboxylic acids is 2. The van der Waals surface area contributed by atoms with E-state index < -0.39 is 0 Å². The molecule has 2 fully saturated rings. The number of hydrogen-bond donors (Lipinski definition) is 0. The van der Waals surface area contributed by atoms with Crippen LogP contribution >= 0.6 is 35.0 Å². The van der Waals surface area contributed by atoms with Crippen LogP contribution in [0.1, 0.15) is 54.2 Å². The van der Waals surface area contributed by atoms with Crippen LogP contribution in [0.15, 0.2) is 29.2 Å². The lowest BCUT2D eigenvalue weighted by molar-refractivity contribution is -0.123. The number of imide groups is 1. The molecular weight excluding hydrogens is 427 g/mol. The topological polar surface area (TPSA) is 42.3 Å². The zero-order valence-corrected chi connectivity index (χ0v) is 18.7. The summed E-state index contributed by atoms with van der Waals surface area (Å²) in [7, 11) is 0. The molecular formula is C22H22Cl2N2O2S. The van der Waals surface area contributed by atoms with E-state index in [4.69, 9.17) is 23.2 Å². The van der Waals surface area contributed by atoms with Gasteiger partial charge in [-0.1, -0.05) is 42.1 Å². The third-order valence-electron chi connectivity index (χ3n) is 5.72. The number of nitrogens with zero attached hydrogens (tertiary/aromatic N) is 2. The standard InChI is InChI=1S/C22H22Cl2N2O2S/c1-13-9-16(14(2)26(13)18-5-3-4-6-18)10-20-21(27)25(22(28)29-20)12-15-7-8-17(23)11-19(15)24/h7-11,18H,3-6,12H2,1-2H3/b20-10-. The Morgan fingerprint density at radius 2 is 1.86 bits per heavy atom. The Bertz CT molecular complexity index is 1020. The Balaban J connectivity index is 1.59. The van der Waals surface area contributed by atoms with Gasteiger partial charge >= 0.3 is 0 Å². The molecule has 0 radical (unpaired) electrons. The lowest BCUT2D eigenvalue weighted by Gasteiger charge is -2.17. The van der Waals surface area contributed by atoms with Crippen LogP contribution in [0.25, 0.3) is 6.08 Å². The van der Waals surface area contributed by atoms with Crippen molar-refractivity contribution in [3.63, 3.8) is 0 Å².